The number of nitrogens with zero attached hydrogens (tertiary/aromatic N) is 2. The third-order valence-electron chi connectivity index (χ3n) is 5.78. The second-order valence-electron chi connectivity index (χ2n) is 8.25. The minimum atomic E-state index is -0.277. The first kappa shape index (κ1) is 21.7. The van der Waals surface area contributed by atoms with Gasteiger partial charge in [-0.05, 0) is 87.6 Å². The smallest absolute Gasteiger partial charge is 0.323 e. The molecule has 0 spiro atoms. The van der Waals surface area contributed by atoms with Crippen LogP contribution >= 0.6 is 0 Å². The Morgan fingerprint density at radius 3 is 1.91 bits per heavy atom. The van der Waals surface area contributed by atoms with Crippen molar-refractivity contribution in [3.8, 4) is 11.5 Å². The van der Waals surface area contributed by atoms with Crippen molar-refractivity contribution >= 4 is 23.1 Å². The van der Waals surface area contributed by atoms with E-state index in [9.17, 15) is 4.79 Å². The van der Waals surface area contributed by atoms with E-state index in [0.717, 1.165) is 24.5 Å². The van der Waals surface area contributed by atoms with E-state index in [1.165, 1.54) is 18.5 Å². The molecule has 166 valence electrons. The quantitative estimate of drug-likeness (QED) is 0.530. The average molecular weight is 431 g/mol. The maximum Gasteiger partial charge on any atom is 0.323 e. The van der Waals surface area contributed by atoms with Crippen molar-refractivity contribution in [2.75, 3.05) is 42.7 Å². The standard InChI is InChI=1S/C26H30N4O2/c1-29(2)22-16-18-30(19-17-22)23-12-8-20(9-13-23)27-26(31)28-21-10-14-25(15-11-21)32-24-6-4-3-5-7-24/h3-15,22H,16-19H2,1-2H3,(H2,27,28,31). The predicted molar refractivity (Wildman–Crippen MR) is 131 cm³/mol. The number of urea groups is 1. The van der Waals surface area contributed by atoms with Crippen molar-refractivity contribution in [1.29, 1.82) is 0 Å². The maximum atomic E-state index is 12.4. The van der Waals surface area contributed by atoms with Crippen molar-refractivity contribution < 1.29 is 9.53 Å². The van der Waals surface area contributed by atoms with Crippen LogP contribution in [0.4, 0.5) is 21.9 Å². The van der Waals surface area contributed by atoms with E-state index in [1.54, 1.807) is 0 Å². The molecule has 6 heteroatoms. The normalized spacial score (nSPS) is 14.3. The number of rotatable bonds is 6. The number of hydrogen-bond acceptors (Lipinski definition) is 4. The second kappa shape index (κ2) is 10.2. The van der Waals surface area contributed by atoms with E-state index in [4.69, 9.17) is 4.74 Å². The molecule has 2 amide bonds. The molecule has 3 aromatic rings. The summed E-state index contributed by atoms with van der Waals surface area (Å²) in [4.78, 5) is 17.1. The number of anilines is 3. The number of para-hydroxylation sites is 1. The fourth-order valence-electron chi connectivity index (χ4n) is 3.92. The third kappa shape index (κ3) is 5.80. The zero-order valence-corrected chi connectivity index (χ0v) is 18.6. The Kier molecular flexibility index (Phi) is 6.92. The first-order chi connectivity index (χ1) is 15.6. The molecule has 0 aliphatic carbocycles. The molecule has 2 N–H and O–H groups in total. The summed E-state index contributed by atoms with van der Waals surface area (Å²) in [5.74, 6) is 1.49. The molecule has 0 radical (unpaired) electrons. The van der Waals surface area contributed by atoms with Crippen molar-refractivity contribution in [1.82, 2.24) is 4.90 Å². The van der Waals surface area contributed by atoms with Gasteiger partial charge in [0.25, 0.3) is 0 Å². The van der Waals surface area contributed by atoms with Gasteiger partial charge in [0.05, 0.1) is 0 Å². The number of ether oxygens (including phenoxy) is 1. The summed E-state index contributed by atoms with van der Waals surface area (Å²) in [6, 6.07) is 25.3. The summed E-state index contributed by atoms with van der Waals surface area (Å²) in [7, 11) is 4.30. The van der Waals surface area contributed by atoms with Crippen LogP contribution in [0.15, 0.2) is 78.9 Å². The Morgan fingerprint density at radius 2 is 1.34 bits per heavy atom. The summed E-state index contributed by atoms with van der Waals surface area (Å²) in [5.41, 5.74) is 2.66. The number of benzene rings is 3. The summed E-state index contributed by atoms with van der Waals surface area (Å²) < 4.78 is 5.78. The van der Waals surface area contributed by atoms with Crippen LogP contribution in [-0.4, -0.2) is 44.2 Å². The molecule has 0 aromatic heterocycles. The van der Waals surface area contributed by atoms with E-state index in [0.29, 0.717) is 17.5 Å². The Bertz CT molecular complexity index is 996. The summed E-state index contributed by atoms with van der Waals surface area (Å²) in [5, 5.41) is 5.74. The highest BCUT2D eigenvalue weighted by Gasteiger charge is 2.20. The lowest BCUT2D eigenvalue weighted by atomic mass is 10.0. The first-order valence-electron chi connectivity index (χ1n) is 11.0. The number of nitrogens with one attached hydrogen (secondary N) is 2. The van der Waals surface area contributed by atoms with E-state index in [-0.39, 0.29) is 6.03 Å². The van der Waals surface area contributed by atoms with E-state index in [1.807, 2.05) is 66.7 Å². The maximum absolute atomic E-state index is 12.4. The molecule has 1 aliphatic rings. The van der Waals surface area contributed by atoms with Crippen LogP contribution in [0.25, 0.3) is 0 Å². The van der Waals surface area contributed by atoms with Crippen LogP contribution in [0.1, 0.15) is 12.8 Å². The van der Waals surface area contributed by atoms with Crippen molar-refractivity contribution in [2.24, 2.45) is 0 Å². The minimum absolute atomic E-state index is 0.277. The van der Waals surface area contributed by atoms with Gasteiger partial charge < -0.3 is 25.2 Å². The largest absolute Gasteiger partial charge is 0.457 e. The molecule has 1 saturated heterocycles. The van der Waals surface area contributed by atoms with Gasteiger partial charge in [0.1, 0.15) is 11.5 Å². The molecule has 0 bridgehead atoms. The van der Waals surface area contributed by atoms with Gasteiger partial charge in [0.15, 0.2) is 0 Å². The molecule has 0 saturated carbocycles. The second-order valence-corrected chi connectivity index (χ2v) is 8.25. The Balaban J connectivity index is 1.27. The fourth-order valence-corrected chi connectivity index (χ4v) is 3.92. The molecule has 6 nitrogen and oxygen atoms in total. The first-order valence-corrected chi connectivity index (χ1v) is 11.0. The molecule has 3 aromatic carbocycles. The minimum Gasteiger partial charge on any atom is -0.457 e. The van der Waals surface area contributed by atoms with Gasteiger partial charge in [-0.15, -0.1) is 0 Å². The summed E-state index contributed by atoms with van der Waals surface area (Å²) >= 11 is 0. The molecule has 0 unspecified atom stereocenters. The molecule has 4 rings (SSSR count). The lowest BCUT2D eigenvalue weighted by molar-refractivity contribution is 0.249. The lowest BCUT2D eigenvalue weighted by Gasteiger charge is -2.36. The molecule has 1 heterocycles. The summed E-state index contributed by atoms with van der Waals surface area (Å²) in [6.45, 7) is 2.11. The van der Waals surface area contributed by atoms with Crippen LogP contribution in [0, 0.1) is 0 Å². The van der Waals surface area contributed by atoms with Gasteiger partial charge in [-0.3, -0.25) is 0 Å². The highest BCUT2D eigenvalue weighted by atomic mass is 16.5. The van der Waals surface area contributed by atoms with Gasteiger partial charge in [-0.2, -0.15) is 0 Å². The van der Waals surface area contributed by atoms with Gasteiger partial charge in [0.2, 0.25) is 0 Å². The molecule has 1 fully saturated rings. The lowest BCUT2D eigenvalue weighted by Crippen LogP contribution is -2.41. The number of piperidine rings is 1. The zero-order chi connectivity index (χ0) is 22.3. The van der Waals surface area contributed by atoms with Crippen LogP contribution in [-0.2, 0) is 0 Å². The Morgan fingerprint density at radius 1 is 0.812 bits per heavy atom. The number of amides is 2. The highest BCUT2D eigenvalue weighted by molar-refractivity contribution is 5.99. The Labute approximate surface area is 189 Å². The third-order valence-corrected chi connectivity index (χ3v) is 5.78. The van der Waals surface area contributed by atoms with Crippen LogP contribution < -0.4 is 20.3 Å². The SMILES string of the molecule is CN(C)C1CCN(c2ccc(NC(=O)Nc3ccc(Oc4ccccc4)cc3)cc2)CC1. The zero-order valence-electron chi connectivity index (χ0n) is 18.6. The molecule has 32 heavy (non-hydrogen) atoms. The predicted octanol–water partition coefficient (Wildman–Crippen LogP) is 5.65. The molecule has 1 aliphatic heterocycles. The van der Waals surface area contributed by atoms with Crippen LogP contribution in [0.2, 0.25) is 0 Å². The van der Waals surface area contributed by atoms with E-state index >= 15 is 0 Å². The van der Waals surface area contributed by atoms with Gasteiger partial charge in [0, 0.05) is 36.2 Å². The summed E-state index contributed by atoms with van der Waals surface area (Å²) in [6.07, 6.45) is 2.34. The van der Waals surface area contributed by atoms with Crippen LogP contribution in [0.5, 0.6) is 11.5 Å². The van der Waals surface area contributed by atoms with Crippen molar-refractivity contribution in [2.45, 2.75) is 18.9 Å². The molecular formula is C26H30N4O2. The highest BCUT2D eigenvalue weighted by Crippen LogP contribution is 2.24. The number of hydrogen-bond donors (Lipinski definition) is 2. The van der Waals surface area contributed by atoms with E-state index < -0.39 is 0 Å². The van der Waals surface area contributed by atoms with Crippen molar-refractivity contribution in [3.05, 3.63) is 78.9 Å². The van der Waals surface area contributed by atoms with Crippen molar-refractivity contribution in [3.63, 3.8) is 0 Å². The van der Waals surface area contributed by atoms with E-state index in [2.05, 4.69) is 46.7 Å². The number of carbonyl (C=O) groups excluding carboxylic acids is 1. The Hall–Kier alpha value is -3.51. The average Bonchev–Trinajstić information content (AvgIpc) is 2.81. The molecular weight excluding hydrogens is 400 g/mol. The van der Waals surface area contributed by atoms with Gasteiger partial charge in [-0.1, -0.05) is 18.2 Å². The fraction of sp³-hybridized carbons (Fsp3) is 0.269. The van der Waals surface area contributed by atoms with Gasteiger partial charge in [-0.25, -0.2) is 4.79 Å². The molecule has 0 atom stereocenters. The van der Waals surface area contributed by atoms with Gasteiger partial charge >= 0.3 is 6.03 Å². The number of carbonyl (C=O) groups is 1. The van der Waals surface area contributed by atoms with Crippen LogP contribution in [0.3, 0.4) is 0 Å². The monoisotopic (exact) mass is 430 g/mol. The topological polar surface area (TPSA) is 56.8 Å².